The van der Waals surface area contributed by atoms with Crippen molar-refractivity contribution in [2.24, 2.45) is 0 Å². The molecule has 4 aromatic rings. The summed E-state index contributed by atoms with van der Waals surface area (Å²) in [5.41, 5.74) is 0.539. The molecule has 2 aromatic carbocycles. The molecule has 0 bridgehead atoms. The topological polar surface area (TPSA) is 94.3 Å². The quantitative estimate of drug-likeness (QED) is 0.373. The first-order valence-corrected chi connectivity index (χ1v) is 10.5. The number of fused-ring (bicyclic) bond motifs is 1. The van der Waals surface area contributed by atoms with Gasteiger partial charge in [0.15, 0.2) is 0 Å². The Morgan fingerprint density at radius 3 is 2.53 bits per heavy atom. The number of hydrogen-bond acceptors (Lipinski definition) is 5. The Balaban J connectivity index is 1.90. The van der Waals surface area contributed by atoms with Crippen molar-refractivity contribution >= 4 is 51.8 Å². The number of hydrogen-bond donors (Lipinski definition) is 1. The molecule has 2 aromatic heterocycles. The number of pyridine rings is 1. The van der Waals surface area contributed by atoms with E-state index >= 15 is 0 Å². The third-order valence-electron chi connectivity index (χ3n) is 4.69. The van der Waals surface area contributed by atoms with Crippen LogP contribution >= 0.6 is 34.8 Å². The van der Waals surface area contributed by atoms with E-state index in [9.17, 15) is 14.7 Å². The monoisotopic (exact) mass is 489 g/mol. The van der Waals surface area contributed by atoms with E-state index in [-0.39, 0.29) is 22.5 Å². The van der Waals surface area contributed by atoms with E-state index in [2.05, 4.69) is 9.97 Å². The predicted molar refractivity (Wildman–Crippen MR) is 123 cm³/mol. The van der Waals surface area contributed by atoms with Crippen LogP contribution in [0.2, 0.25) is 15.1 Å². The molecule has 0 spiro atoms. The second-order valence-corrected chi connectivity index (χ2v) is 7.94. The fourth-order valence-corrected chi connectivity index (χ4v) is 3.76. The summed E-state index contributed by atoms with van der Waals surface area (Å²) in [5, 5.41) is 10.8. The van der Waals surface area contributed by atoms with Crippen LogP contribution < -0.4 is 10.2 Å². The first kappa shape index (κ1) is 22.1. The minimum atomic E-state index is -1.37. The number of carbonyl (C=O) groups is 1. The van der Waals surface area contributed by atoms with E-state index < -0.39 is 17.0 Å². The highest BCUT2D eigenvalue weighted by molar-refractivity contribution is 6.42. The minimum absolute atomic E-state index is 0.103. The number of aromatic carboxylic acids is 1. The van der Waals surface area contributed by atoms with Gasteiger partial charge in [-0.05, 0) is 37.3 Å². The molecule has 162 valence electrons. The van der Waals surface area contributed by atoms with Gasteiger partial charge in [-0.15, -0.1) is 0 Å². The summed E-state index contributed by atoms with van der Waals surface area (Å²) in [6.45, 7) is 2.08. The number of carboxylic acids is 1. The zero-order valence-corrected chi connectivity index (χ0v) is 18.7. The van der Waals surface area contributed by atoms with Gasteiger partial charge in [0, 0.05) is 23.2 Å². The van der Waals surface area contributed by atoms with Crippen LogP contribution in [-0.2, 0) is 6.54 Å². The van der Waals surface area contributed by atoms with Crippen LogP contribution in [0.1, 0.15) is 17.3 Å². The zero-order chi connectivity index (χ0) is 23.0. The van der Waals surface area contributed by atoms with Crippen molar-refractivity contribution in [1.29, 1.82) is 0 Å². The highest BCUT2D eigenvalue weighted by atomic mass is 35.5. The molecule has 0 saturated heterocycles. The Hall–Kier alpha value is -3.13. The average molecular weight is 491 g/mol. The number of carboxylic acid groups (broad SMARTS) is 1. The highest BCUT2D eigenvalue weighted by Crippen LogP contribution is 2.33. The lowest BCUT2D eigenvalue weighted by Crippen LogP contribution is -2.21. The molecule has 1 N–H and O–H groups in total. The van der Waals surface area contributed by atoms with Crippen molar-refractivity contribution in [2.45, 2.75) is 13.5 Å². The maximum Gasteiger partial charge on any atom is 0.341 e. The molecule has 7 nitrogen and oxygen atoms in total. The molecule has 0 unspecified atom stereocenters. The molecule has 0 amide bonds. The Labute approximate surface area is 196 Å². The van der Waals surface area contributed by atoms with Crippen molar-refractivity contribution in [3.8, 4) is 23.0 Å². The third-order valence-corrected chi connectivity index (χ3v) is 5.66. The lowest BCUT2D eigenvalue weighted by Gasteiger charge is -2.19. The molecule has 10 heteroatoms. The van der Waals surface area contributed by atoms with E-state index in [4.69, 9.17) is 39.5 Å². The number of ether oxygens (including phenoxy) is 1. The van der Waals surface area contributed by atoms with Crippen molar-refractivity contribution in [2.75, 3.05) is 0 Å². The van der Waals surface area contributed by atoms with Gasteiger partial charge in [-0.25, -0.2) is 14.8 Å². The Kier molecular flexibility index (Phi) is 6.06. The molecule has 0 aliphatic carbocycles. The van der Waals surface area contributed by atoms with Gasteiger partial charge in [-0.3, -0.25) is 4.79 Å². The van der Waals surface area contributed by atoms with Crippen molar-refractivity contribution in [3.63, 3.8) is 0 Å². The molecule has 0 aliphatic heterocycles. The summed E-state index contributed by atoms with van der Waals surface area (Å²) in [6, 6.07) is 10.8. The lowest BCUT2D eigenvalue weighted by molar-refractivity contribution is 0.0695. The third kappa shape index (κ3) is 4.14. The maximum atomic E-state index is 12.8. The largest absolute Gasteiger partial charge is 0.477 e. The molecule has 2 heterocycles. The fourth-order valence-electron chi connectivity index (χ4n) is 3.30. The number of halogens is 3. The summed E-state index contributed by atoms with van der Waals surface area (Å²) < 4.78 is 7.43. The number of aromatic nitrogens is 3. The van der Waals surface area contributed by atoms with Crippen molar-refractivity contribution in [1.82, 2.24) is 14.5 Å². The number of benzene rings is 2. The maximum absolute atomic E-state index is 12.8. The van der Waals surface area contributed by atoms with Crippen LogP contribution in [0, 0.1) is 0 Å². The van der Waals surface area contributed by atoms with Gasteiger partial charge in [0.25, 0.3) is 0 Å². The van der Waals surface area contributed by atoms with Crippen molar-refractivity contribution in [3.05, 3.63) is 79.5 Å². The summed E-state index contributed by atoms with van der Waals surface area (Å²) in [4.78, 5) is 33.4. The summed E-state index contributed by atoms with van der Waals surface area (Å²) in [6.07, 6.45) is 1.40. The SMILES string of the molecule is CCn1c(Oc2cnc3cc(Cl)ccc3n2)cc(=O)c(C(=O)O)c1-c1ccc(Cl)c(Cl)c1. The second kappa shape index (κ2) is 8.78. The lowest BCUT2D eigenvalue weighted by atomic mass is 10.0. The van der Waals surface area contributed by atoms with Gasteiger partial charge in [0.1, 0.15) is 5.56 Å². The molecule has 0 aliphatic rings. The van der Waals surface area contributed by atoms with Gasteiger partial charge in [0.05, 0.1) is 33.0 Å². The molecule has 4 rings (SSSR count). The predicted octanol–water partition coefficient (Wildman–Crippen LogP) is 5.93. The van der Waals surface area contributed by atoms with Crippen molar-refractivity contribution < 1.29 is 14.6 Å². The first-order valence-electron chi connectivity index (χ1n) is 9.35. The zero-order valence-electron chi connectivity index (χ0n) is 16.5. The number of nitrogens with zero attached hydrogens (tertiary/aromatic N) is 3. The fraction of sp³-hybridized carbons (Fsp3) is 0.0909. The molecule has 0 saturated carbocycles. The standard InChI is InChI=1S/C22H14Cl3N3O4/c1-2-28-19(32-18-10-26-16-8-12(23)4-6-15(16)27-18)9-17(29)20(22(30)31)21(28)11-3-5-13(24)14(25)7-11/h3-10H,2H2,1H3,(H,30,31). The van der Waals surface area contributed by atoms with Crippen LogP contribution in [0.3, 0.4) is 0 Å². The molecule has 32 heavy (non-hydrogen) atoms. The van der Waals surface area contributed by atoms with E-state index in [0.717, 1.165) is 6.07 Å². The van der Waals surface area contributed by atoms with E-state index in [1.165, 1.54) is 18.3 Å². The van der Waals surface area contributed by atoms with Crippen LogP contribution in [0.5, 0.6) is 11.8 Å². The molecular weight excluding hydrogens is 477 g/mol. The van der Waals surface area contributed by atoms with E-state index in [0.29, 0.717) is 33.2 Å². The van der Waals surface area contributed by atoms with Gasteiger partial charge in [-0.1, -0.05) is 40.9 Å². The van der Waals surface area contributed by atoms with Gasteiger partial charge < -0.3 is 14.4 Å². The molecule has 0 atom stereocenters. The summed E-state index contributed by atoms with van der Waals surface area (Å²) in [7, 11) is 0. The van der Waals surface area contributed by atoms with Crippen LogP contribution in [-0.4, -0.2) is 25.6 Å². The first-order chi connectivity index (χ1) is 15.3. The second-order valence-electron chi connectivity index (χ2n) is 6.69. The van der Waals surface area contributed by atoms with Gasteiger partial charge in [0.2, 0.25) is 17.2 Å². The van der Waals surface area contributed by atoms with Crippen LogP contribution in [0.25, 0.3) is 22.3 Å². The Morgan fingerprint density at radius 1 is 1.06 bits per heavy atom. The molecule has 0 fully saturated rings. The van der Waals surface area contributed by atoms with E-state index in [1.807, 2.05) is 0 Å². The minimum Gasteiger partial charge on any atom is -0.477 e. The van der Waals surface area contributed by atoms with Gasteiger partial charge >= 0.3 is 5.97 Å². The normalized spacial score (nSPS) is 11.0. The smallest absolute Gasteiger partial charge is 0.341 e. The van der Waals surface area contributed by atoms with Crippen LogP contribution in [0.15, 0.2) is 53.5 Å². The highest BCUT2D eigenvalue weighted by Gasteiger charge is 2.23. The Bertz CT molecular complexity index is 1440. The Morgan fingerprint density at radius 2 is 1.84 bits per heavy atom. The van der Waals surface area contributed by atoms with Crippen LogP contribution in [0.4, 0.5) is 0 Å². The number of rotatable bonds is 5. The average Bonchev–Trinajstić information content (AvgIpc) is 2.75. The summed E-state index contributed by atoms with van der Waals surface area (Å²) >= 11 is 18.1. The summed E-state index contributed by atoms with van der Waals surface area (Å²) in [5.74, 6) is -1.14. The van der Waals surface area contributed by atoms with E-state index in [1.54, 1.807) is 35.8 Å². The molecular formula is C22H14Cl3N3O4. The molecule has 0 radical (unpaired) electrons. The van der Waals surface area contributed by atoms with Gasteiger partial charge in [-0.2, -0.15) is 0 Å².